The monoisotopic (exact) mass is 366 g/mol. The van der Waals surface area contributed by atoms with Crippen molar-refractivity contribution in [1.82, 2.24) is 15.5 Å². The third-order valence-electron chi connectivity index (χ3n) is 5.46. The number of hydrogen-bond donors (Lipinski definition) is 1. The third kappa shape index (κ3) is 2.47. The molecule has 1 N–H and O–H groups in total. The van der Waals surface area contributed by atoms with Crippen molar-refractivity contribution < 1.29 is 9.32 Å². The van der Waals surface area contributed by atoms with Crippen LogP contribution in [0.2, 0.25) is 0 Å². The first-order valence-electron chi connectivity index (χ1n) is 9.46. The average Bonchev–Trinajstić information content (AvgIpc) is 3.40. The van der Waals surface area contributed by atoms with Gasteiger partial charge in [-0.1, -0.05) is 17.3 Å². The molecule has 1 aromatic heterocycles. The number of nitrogens with one attached hydrogen (secondary N) is 1. The molecule has 0 radical (unpaired) electrons. The van der Waals surface area contributed by atoms with Crippen LogP contribution in [0.1, 0.15) is 50.5 Å². The summed E-state index contributed by atoms with van der Waals surface area (Å²) in [6.45, 7) is 5.00. The number of anilines is 2. The molecule has 8 heteroatoms. The summed E-state index contributed by atoms with van der Waals surface area (Å²) in [6.07, 6.45) is 3.82. The Hall–Kier alpha value is -2.74. The molecule has 1 saturated heterocycles. The van der Waals surface area contributed by atoms with Crippen molar-refractivity contribution in [3.05, 3.63) is 36.0 Å². The van der Waals surface area contributed by atoms with Crippen LogP contribution in [0, 0.1) is 0 Å². The topological polar surface area (TPSA) is 86.9 Å². The van der Waals surface area contributed by atoms with Crippen molar-refractivity contribution in [1.29, 1.82) is 0 Å². The standard InChI is InChI=1S/C19H22N6O2/c1-11(2)25-14-8-4-3-7-13(14)24-10-21-15(16(24)19(25)26)18-22-17(23-27-18)12-6-5-9-20-12/h3-4,7-8,10-12,15-16,20H,5-6,9H2,1-2H3. The van der Waals surface area contributed by atoms with E-state index in [1.807, 2.05) is 47.9 Å². The van der Waals surface area contributed by atoms with E-state index >= 15 is 0 Å². The molecule has 4 heterocycles. The van der Waals surface area contributed by atoms with Gasteiger partial charge in [-0.2, -0.15) is 4.98 Å². The Morgan fingerprint density at radius 3 is 2.81 bits per heavy atom. The first-order valence-corrected chi connectivity index (χ1v) is 9.46. The number of aliphatic imine (C=N–C) groups is 1. The first kappa shape index (κ1) is 16.4. The van der Waals surface area contributed by atoms with Crippen LogP contribution in [0.15, 0.2) is 33.8 Å². The third-order valence-corrected chi connectivity index (χ3v) is 5.46. The number of benzene rings is 1. The van der Waals surface area contributed by atoms with Crippen molar-refractivity contribution in [3.63, 3.8) is 0 Å². The summed E-state index contributed by atoms with van der Waals surface area (Å²) in [5.41, 5.74) is 1.88. The lowest BCUT2D eigenvalue weighted by atomic mass is 10.00. The molecule has 2 aromatic rings. The van der Waals surface area contributed by atoms with Gasteiger partial charge in [-0.3, -0.25) is 9.79 Å². The Balaban J connectivity index is 1.51. The van der Waals surface area contributed by atoms with Gasteiger partial charge < -0.3 is 19.6 Å². The van der Waals surface area contributed by atoms with E-state index < -0.39 is 12.1 Å². The summed E-state index contributed by atoms with van der Waals surface area (Å²) in [7, 11) is 0. The number of fused-ring (bicyclic) bond motifs is 3. The van der Waals surface area contributed by atoms with Gasteiger partial charge in [0.25, 0.3) is 11.8 Å². The number of para-hydroxylation sites is 2. The molecule has 140 valence electrons. The highest BCUT2D eigenvalue weighted by Gasteiger charge is 2.48. The Morgan fingerprint density at radius 1 is 1.26 bits per heavy atom. The van der Waals surface area contributed by atoms with Gasteiger partial charge in [0.15, 0.2) is 11.9 Å². The zero-order chi connectivity index (χ0) is 18.5. The smallest absolute Gasteiger partial charge is 0.254 e. The van der Waals surface area contributed by atoms with Crippen molar-refractivity contribution in [2.75, 3.05) is 16.3 Å². The van der Waals surface area contributed by atoms with E-state index in [-0.39, 0.29) is 18.0 Å². The number of carbonyl (C=O) groups excluding carboxylic acids is 1. The summed E-state index contributed by atoms with van der Waals surface area (Å²) in [5.74, 6) is 1.06. The predicted octanol–water partition coefficient (Wildman–Crippen LogP) is 2.21. The highest BCUT2D eigenvalue weighted by Crippen LogP contribution is 2.43. The molecule has 3 aliphatic heterocycles. The van der Waals surface area contributed by atoms with Gasteiger partial charge in [-0.05, 0) is 45.4 Å². The summed E-state index contributed by atoms with van der Waals surface area (Å²) in [4.78, 5) is 26.3. The molecule has 1 fully saturated rings. The van der Waals surface area contributed by atoms with Crippen molar-refractivity contribution >= 4 is 23.6 Å². The zero-order valence-corrected chi connectivity index (χ0v) is 15.4. The van der Waals surface area contributed by atoms with Gasteiger partial charge in [-0.25, -0.2) is 0 Å². The van der Waals surface area contributed by atoms with Gasteiger partial charge in [0.2, 0.25) is 0 Å². The minimum absolute atomic E-state index is 0.00458. The summed E-state index contributed by atoms with van der Waals surface area (Å²) in [6, 6.07) is 7.10. The van der Waals surface area contributed by atoms with Crippen LogP contribution in [-0.4, -0.2) is 41.0 Å². The maximum atomic E-state index is 13.4. The molecule has 5 rings (SSSR count). The molecule has 3 aliphatic rings. The Kier molecular flexibility index (Phi) is 3.75. The Labute approximate surface area is 157 Å². The molecule has 1 aromatic carbocycles. The first-order chi connectivity index (χ1) is 13.1. The average molecular weight is 366 g/mol. The molecule has 3 unspecified atom stereocenters. The lowest BCUT2D eigenvalue weighted by Gasteiger charge is -2.41. The van der Waals surface area contributed by atoms with Crippen LogP contribution in [0.25, 0.3) is 0 Å². The van der Waals surface area contributed by atoms with E-state index in [0.717, 1.165) is 30.8 Å². The van der Waals surface area contributed by atoms with Gasteiger partial charge in [0, 0.05) is 6.04 Å². The normalized spacial score (nSPS) is 26.8. The van der Waals surface area contributed by atoms with E-state index in [1.165, 1.54) is 0 Å². The molecule has 0 aliphatic carbocycles. The van der Waals surface area contributed by atoms with Gasteiger partial charge in [0.1, 0.15) is 6.04 Å². The number of rotatable bonds is 3. The highest BCUT2D eigenvalue weighted by atomic mass is 16.5. The summed E-state index contributed by atoms with van der Waals surface area (Å²) >= 11 is 0. The number of hydrogen-bond acceptors (Lipinski definition) is 7. The number of carbonyl (C=O) groups is 1. The number of nitrogens with zero attached hydrogens (tertiary/aromatic N) is 5. The van der Waals surface area contributed by atoms with Gasteiger partial charge in [-0.15, -0.1) is 0 Å². The molecule has 27 heavy (non-hydrogen) atoms. The quantitative estimate of drug-likeness (QED) is 0.896. The second-order valence-electron chi connectivity index (χ2n) is 7.49. The molecular formula is C19H22N6O2. The number of amides is 1. The lowest BCUT2D eigenvalue weighted by molar-refractivity contribution is -0.120. The molecule has 0 spiro atoms. The fourth-order valence-electron chi connectivity index (χ4n) is 4.21. The highest BCUT2D eigenvalue weighted by molar-refractivity contribution is 6.12. The van der Waals surface area contributed by atoms with Crippen LogP contribution < -0.4 is 15.1 Å². The van der Waals surface area contributed by atoms with Crippen molar-refractivity contribution in [2.45, 2.75) is 50.9 Å². The number of aromatic nitrogens is 2. The largest absolute Gasteiger partial charge is 0.337 e. The van der Waals surface area contributed by atoms with Crippen molar-refractivity contribution in [3.8, 4) is 0 Å². The van der Waals surface area contributed by atoms with E-state index in [9.17, 15) is 4.79 Å². The molecule has 1 amide bonds. The lowest BCUT2D eigenvalue weighted by Crippen LogP contribution is -2.55. The minimum Gasteiger partial charge on any atom is -0.337 e. The van der Waals surface area contributed by atoms with Crippen LogP contribution >= 0.6 is 0 Å². The van der Waals surface area contributed by atoms with E-state index in [2.05, 4.69) is 20.4 Å². The van der Waals surface area contributed by atoms with Gasteiger partial charge in [0.05, 0.1) is 23.8 Å². The second-order valence-corrected chi connectivity index (χ2v) is 7.49. The van der Waals surface area contributed by atoms with E-state index in [1.54, 1.807) is 6.34 Å². The maximum absolute atomic E-state index is 13.4. The predicted molar refractivity (Wildman–Crippen MR) is 101 cm³/mol. The fourth-order valence-corrected chi connectivity index (χ4v) is 4.21. The molecule has 0 bridgehead atoms. The zero-order valence-electron chi connectivity index (χ0n) is 15.4. The Morgan fingerprint density at radius 2 is 2.07 bits per heavy atom. The van der Waals surface area contributed by atoms with E-state index in [4.69, 9.17) is 4.52 Å². The van der Waals surface area contributed by atoms with Crippen LogP contribution in [0.5, 0.6) is 0 Å². The summed E-state index contributed by atoms with van der Waals surface area (Å²) < 4.78 is 5.53. The SMILES string of the molecule is CC(C)N1C(=O)C2C(c3nc(C4CCCN4)no3)N=CN2c2ccccc21. The Bertz CT molecular complexity index is 901. The van der Waals surface area contributed by atoms with E-state index in [0.29, 0.717) is 11.7 Å². The summed E-state index contributed by atoms with van der Waals surface area (Å²) in [5, 5.41) is 7.51. The van der Waals surface area contributed by atoms with Gasteiger partial charge >= 0.3 is 0 Å². The van der Waals surface area contributed by atoms with Crippen LogP contribution in [0.3, 0.4) is 0 Å². The van der Waals surface area contributed by atoms with Crippen LogP contribution in [0.4, 0.5) is 11.4 Å². The van der Waals surface area contributed by atoms with Crippen molar-refractivity contribution in [2.24, 2.45) is 4.99 Å². The fraction of sp³-hybridized carbons (Fsp3) is 0.474. The molecule has 0 saturated carbocycles. The molecule has 8 nitrogen and oxygen atoms in total. The molecular weight excluding hydrogens is 344 g/mol. The maximum Gasteiger partial charge on any atom is 0.254 e. The van der Waals surface area contributed by atoms with Crippen LogP contribution in [-0.2, 0) is 4.79 Å². The minimum atomic E-state index is -0.493. The molecule has 3 atom stereocenters. The second kappa shape index (κ2) is 6.16.